The number of ether oxygens (including phenoxy) is 1. The molecule has 1 aromatic carbocycles. The van der Waals surface area contributed by atoms with Crippen LogP contribution in [0.2, 0.25) is 0 Å². The zero-order valence-electron chi connectivity index (χ0n) is 9.24. The summed E-state index contributed by atoms with van der Waals surface area (Å²) >= 11 is 0. The summed E-state index contributed by atoms with van der Waals surface area (Å²) in [4.78, 5) is 13.9. The molecule has 0 fully saturated rings. The Bertz CT molecular complexity index is 539. The highest BCUT2D eigenvalue weighted by Gasteiger charge is 2.13. The Labute approximate surface area is 92.9 Å². The number of hydrogen-bond acceptors (Lipinski definition) is 3. The Kier molecular flexibility index (Phi) is 2.81. The van der Waals surface area contributed by atoms with Crippen LogP contribution >= 0.6 is 0 Å². The number of aromatic nitrogens is 1. The highest BCUT2D eigenvalue weighted by molar-refractivity contribution is 5.68. The van der Waals surface area contributed by atoms with Crippen molar-refractivity contribution >= 4 is 0 Å². The molecule has 4 nitrogen and oxygen atoms in total. The quantitative estimate of drug-likeness (QED) is 0.861. The summed E-state index contributed by atoms with van der Waals surface area (Å²) in [7, 11) is 1.60. The Hall–Kier alpha value is -1.97. The smallest absolute Gasteiger partial charge is 0.416 e. The van der Waals surface area contributed by atoms with Gasteiger partial charge in [0.15, 0.2) is 0 Å². The first-order valence-electron chi connectivity index (χ1n) is 5.11. The second-order valence-corrected chi connectivity index (χ2v) is 3.37. The number of aryl methyl sites for hydroxylation is 1. The van der Waals surface area contributed by atoms with Gasteiger partial charge < -0.3 is 9.15 Å². The summed E-state index contributed by atoms with van der Waals surface area (Å²) in [6.45, 7) is 1.94. The number of oxazole rings is 1. The van der Waals surface area contributed by atoms with Crippen molar-refractivity contribution in [3.8, 4) is 17.0 Å². The molecular formula is C12H13NO3. The normalized spacial score (nSPS) is 10.4. The van der Waals surface area contributed by atoms with E-state index in [-0.39, 0.29) is 0 Å². The van der Waals surface area contributed by atoms with Crippen molar-refractivity contribution in [2.75, 3.05) is 7.11 Å². The van der Waals surface area contributed by atoms with Crippen molar-refractivity contribution in [3.05, 3.63) is 40.6 Å². The molecule has 2 rings (SSSR count). The Morgan fingerprint density at radius 1 is 1.38 bits per heavy atom. The van der Waals surface area contributed by atoms with Gasteiger partial charge in [0.05, 0.1) is 12.8 Å². The lowest BCUT2D eigenvalue weighted by atomic mass is 10.1. The lowest BCUT2D eigenvalue weighted by Crippen LogP contribution is -1.95. The van der Waals surface area contributed by atoms with Gasteiger partial charge in [-0.3, -0.25) is 4.98 Å². The van der Waals surface area contributed by atoms with Crippen LogP contribution in [0.25, 0.3) is 11.3 Å². The minimum Gasteiger partial charge on any atom is -0.496 e. The van der Waals surface area contributed by atoms with Crippen LogP contribution in [0.4, 0.5) is 0 Å². The molecule has 0 saturated heterocycles. The third kappa shape index (κ3) is 1.74. The largest absolute Gasteiger partial charge is 0.496 e. The van der Waals surface area contributed by atoms with Crippen molar-refractivity contribution in [1.29, 1.82) is 0 Å². The van der Waals surface area contributed by atoms with Crippen LogP contribution in [0.1, 0.15) is 12.7 Å². The maximum absolute atomic E-state index is 11.2. The van der Waals surface area contributed by atoms with Crippen LogP contribution in [0.15, 0.2) is 33.5 Å². The molecule has 0 atom stereocenters. The Balaban J connectivity index is 2.61. The third-order valence-electron chi connectivity index (χ3n) is 2.42. The Morgan fingerprint density at radius 3 is 2.81 bits per heavy atom. The summed E-state index contributed by atoms with van der Waals surface area (Å²) < 4.78 is 10.3. The maximum Gasteiger partial charge on any atom is 0.416 e. The topological polar surface area (TPSA) is 55.2 Å². The fourth-order valence-electron chi connectivity index (χ4n) is 1.68. The fraction of sp³-hybridized carbons (Fsp3) is 0.250. The molecule has 1 aromatic heterocycles. The van der Waals surface area contributed by atoms with Crippen molar-refractivity contribution in [1.82, 2.24) is 4.98 Å². The molecular weight excluding hydrogens is 206 g/mol. The van der Waals surface area contributed by atoms with E-state index < -0.39 is 5.76 Å². The summed E-state index contributed by atoms with van der Waals surface area (Å²) in [6, 6.07) is 7.51. The van der Waals surface area contributed by atoms with E-state index in [1.807, 2.05) is 31.2 Å². The van der Waals surface area contributed by atoms with Gasteiger partial charge in [0.25, 0.3) is 0 Å². The average molecular weight is 219 g/mol. The number of H-pyrrole nitrogens is 1. The number of para-hydroxylation sites is 1. The van der Waals surface area contributed by atoms with E-state index >= 15 is 0 Å². The van der Waals surface area contributed by atoms with Gasteiger partial charge >= 0.3 is 5.76 Å². The summed E-state index contributed by atoms with van der Waals surface area (Å²) in [5, 5.41) is 0. The molecule has 0 saturated carbocycles. The molecule has 0 unspecified atom stereocenters. The predicted molar refractivity (Wildman–Crippen MR) is 60.7 cm³/mol. The van der Waals surface area contributed by atoms with E-state index in [2.05, 4.69) is 4.98 Å². The summed E-state index contributed by atoms with van der Waals surface area (Å²) in [5.41, 5.74) is 1.54. The molecule has 0 radical (unpaired) electrons. The summed E-state index contributed by atoms with van der Waals surface area (Å²) in [6.07, 6.45) is 0.659. The van der Waals surface area contributed by atoms with E-state index in [0.717, 1.165) is 5.56 Å². The zero-order chi connectivity index (χ0) is 11.5. The molecule has 0 bridgehead atoms. The van der Waals surface area contributed by atoms with Gasteiger partial charge in [0.1, 0.15) is 11.5 Å². The number of hydrogen-bond donors (Lipinski definition) is 1. The lowest BCUT2D eigenvalue weighted by Gasteiger charge is -2.06. The molecule has 16 heavy (non-hydrogen) atoms. The lowest BCUT2D eigenvalue weighted by molar-refractivity contribution is 0.416. The fourth-order valence-corrected chi connectivity index (χ4v) is 1.68. The molecule has 0 aliphatic rings. The van der Waals surface area contributed by atoms with Crippen LogP contribution in [-0.2, 0) is 6.42 Å². The second kappa shape index (κ2) is 4.26. The van der Waals surface area contributed by atoms with Gasteiger partial charge in [-0.05, 0) is 12.1 Å². The first kappa shape index (κ1) is 10.5. The minimum atomic E-state index is -0.433. The molecule has 1 heterocycles. The van der Waals surface area contributed by atoms with Gasteiger partial charge in [-0.2, -0.15) is 0 Å². The second-order valence-electron chi connectivity index (χ2n) is 3.37. The number of rotatable bonds is 3. The number of nitrogens with one attached hydrogen (secondary N) is 1. The molecule has 4 heteroatoms. The molecule has 0 aliphatic heterocycles. The van der Waals surface area contributed by atoms with Crippen molar-refractivity contribution < 1.29 is 9.15 Å². The van der Waals surface area contributed by atoms with E-state index in [0.29, 0.717) is 23.6 Å². The molecule has 2 aromatic rings. The van der Waals surface area contributed by atoms with Crippen LogP contribution < -0.4 is 10.5 Å². The standard InChI is InChI=1S/C12H13NO3/c1-3-9-11(13-12(14)16-9)8-6-4-5-7-10(8)15-2/h4-7H,3H2,1-2H3,(H,13,14). The third-order valence-corrected chi connectivity index (χ3v) is 2.42. The minimum absolute atomic E-state index is 0.433. The molecule has 84 valence electrons. The van der Waals surface area contributed by atoms with E-state index in [9.17, 15) is 4.79 Å². The van der Waals surface area contributed by atoms with Crippen molar-refractivity contribution in [2.24, 2.45) is 0 Å². The van der Waals surface area contributed by atoms with E-state index in [4.69, 9.17) is 9.15 Å². The Morgan fingerprint density at radius 2 is 2.12 bits per heavy atom. The molecule has 0 amide bonds. The first-order valence-corrected chi connectivity index (χ1v) is 5.11. The predicted octanol–water partition coefficient (Wildman–Crippen LogP) is 2.21. The van der Waals surface area contributed by atoms with Crippen LogP contribution in [0, 0.1) is 0 Å². The number of aromatic amines is 1. The molecule has 1 N–H and O–H groups in total. The maximum atomic E-state index is 11.2. The molecule has 0 spiro atoms. The molecule has 0 aliphatic carbocycles. The van der Waals surface area contributed by atoms with Crippen molar-refractivity contribution in [3.63, 3.8) is 0 Å². The summed E-state index contributed by atoms with van der Waals surface area (Å²) in [5.74, 6) is 0.932. The van der Waals surface area contributed by atoms with Gasteiger partial charge in [0.2, 0.25) is 0 Å². The highest BCUT2D eigenvalue weighted by Crippen LogP contribution is 2.30. The van der Waals surface area contributed by atoms with Gasteiger partial charge in [0, 0.05) is 12.0 Å². The highest BCUT2D eigenvalue weighted by atomic mass is 16.5. The zero-order valence-corrected chi connectivity index (χ0v) is 9.24. The number of benzene rings is 1. The SMILES string of the molecule is CCc1oc(=O)[nH]c1-c1ccccc1OC. The average Bonchev–Trinajstić information content (AvgIpc) is 2.70. The van der Waals surface area contributed by atoms with E-state index in [1.165, 1.54) is 0 Å². The van der Waals surface area contributed by atoms with Crippen LogP contribution in [-0.4, -0.2) is 12.1 Å². The van der Waals surface area contributed by atoms with Gasteiger partial charge in [-0.25, -0.2) is 4.79 Å². The monoisotopic (exact) mass is 219 g/mol. The van der Waals surface area contributed by atoms with Crippen LogP contribution in [0.3, 0.4) is 0 Å². The first-order chi connectivity index (χ1) is 7.76. The van der Waals surface area contributed by atoms with Gasteiger partial charge in [-0.1, -0.05) is 19.1 Å². The van der Waals surface area contributed by atoms with Crippen molar-refractivity contribution in [2.45, 2.75) is 13.3 Å². The number of methoxy groups -OCH3 is 1. The van der Waals surface area contributed by atoms with Gasteiger partial charge in [-0.15, -0.1) is 0 Å². The van der Waals surface area contributed by atoms with Crippen LogP contribution in [0.5, 0.6) is 5.75 Å². The van der Waals surface area contributed by atoms with E-state index in [1.54, 1.807) is 7.11 Å².